The summed E-state index contributed by atoms with van der Waals surface area (Å²) in [6, 6.07) is 8.50. The molecule has 1 heterocycles. The number of carbonyl (C=O) groups excluding carboxylic acids is 2. The number of nitro groups is 1. The van der Waals surface area contributed by atoms with Crippen LogP contribution >= 0.6 is 11.6 Å². The molecule has 2 aromatic carbocycles. The SMILES string of the molecule is COC(=O)Cc1c(Cc2cccc([N+](=O)[O-])c2)c(=O)oc2cc(OC(=O)N(C)C)c(Cl)cc12. The number of nitrogens with zero attached hydrogens (tertiary/aromatic N) is 2. The number of benzene rings is 2. The first-order chi connectivity index (χ1) is 15.6. The summed E-state index contributed by atoms with van der Waals surface area (Å²) in [5, 5.41) is 11.5. The fourth-order valence-electron chi connectivity index (χ4n) is 3.15. The molecule has 172 valence electrons. The van der Waals surface area contributed by atoms with Gasteiger partial charge in [-0.05, 0) is 17.2 Å². The van der Waals surface area contributed by atoms with Crippen LogP contribution in [0.15, 0.2) is 45.6 Å². The molecule has 0 radical (unpaired) electrons. The smallest absolute Gasteiger partial charge is 0.414 e. The van der Waals surface area contributed by atoms with Gasteiger partial charge in [-0.3, -0.25) is 14.9 Å². The normalized spacial score (nSPS) is 10.7. The molecule has 0 aliphatic rings. The number of hydrogen-bond acceptors (Lipinski definition) is 8. The van der Waals surface area contributed by atoms with Gasteiger partial charge in [0.25, 0.3) is 5.69 Å². The van der Waals surface area contributed by atoms with E-state index in [9.17, 15) is 24.5 Å². The summed E-state index contributed by atoms with van der Waals surface area (Å²) in [6.45, 7) is 0. The van der Waals surface area contributed by atoms with Crippen LogP contribution < -0.4 is 10.4 Å². The molecule has 3 aromatic rings. The van der Waals surface area contributed by atoms with Gasteiger partial charge in [-0.25, -0.2) is 9.59 Å². The molecule has 1 amide bonds. The van der Waals surface area contributed by atoms with Crippen molar-refractivity contribution in [2.45, 2.75) is 12.8 Å². The van der Waals surface area contributed by atoms with Crippen molar-refractivity contribution in [3.05, 3.63) is 78.6 Å². The van der Waals surface area contributed by atoms with Gasteiger partial charge in [0.05, 0.1) is 23.5 Å². The number of non-ortho nitro benzene ring substituents is 1. The van der Waals surface area contributed by atoms with Gasteiger partial charge >= 0.3 is 17.7 Å². The lowest BCUT2D eigenvalue weighted by Gasteiger charge is -2.14. The Kier molecular flexibility index (Phi) is 6.98. The van der Waals surface area contributed by atoms with Crippen molar-refractivity contribution in [1.82, 2.24) is 4.90 Å². The van der Waals surface area contributed by atoms with E-state index in [1.807, 2.05) is 0 Å². The van der Waals surface area contributed by atoms with Crippen molar-refractivity contribution in [3.8, 4) is 5.75 Å². The largest absolute Gasteiger partial charge is 0.469 e. The van der Waals surface area contributed by atoms with Crippen molar-refractivity contribution in [3.63, 3.8) is 0 Å². The van der Waals surface area contributed by atoms with Crippen LogP contribution in [0.2, 0.25) is 5.02 Å². The molecule has 0 spiro atoms. The maximum absolute atomic E-state index is 12.9. The van der Waals surface area contributed by atoms with Gasteiger partial charge < -0.3 is 18.8 Å². The minimum atomic E-state index is -0.750. The molecule has 0 fully saturated rings. The van der Waals surface area contributed by atoms with E-state index in [0.717, 1.165) is 0 Å². The molecule has 0 saturated carbocycles. The molecule has 0 saturated heterocycles. The number of fused-ring (bicyclic) bond motifs is 1. The number of ether oxygens (including phenoxy) is 2. The highest BCUT2D eigenvalue weighted by atomic mass is 35.5. The van der Waals surface area contributed by atoms with Crippen molar-refractivity contribution in [1.29, 1.82) is 0 Å². The second-order valence-electron chi connectivity index (χ2n) is 7.24. The summed E-state index contributed by atoms with van der Waals surface area (Å²) in [5.41, 5.74) is 0.0643. The zero-order valence-corrected chi connectivity index (χ0v) is 18.7. The van der Waals surface area contributed by atoms with Crippen LogP contribution in [-0.4, -0.2) is 43.1 Å². The topological polar surface area (TPSA) is 129 Å². The third-order valence-electron chi connectivity index (χ3n) is 4.79. The molecule has 11 heteroatoms. The van der Waals surface area contributed by atoms with E-state index in [1.165, 1.54) is 56.4 Å². The molecule has 10 nitrogen and oxygen atoms in total. The van der Waals surface area contributed by atoms with Gasteiger partial charge in [0.2, 0.25) is 0 Å². The number of rotatable bonds is 6. The van der Waals surface area contributed by atoms with Gasteiger partial charge in [-0.2, -0.15) is 0 Å². The quantitative estimate of drug-likeness (QED) is 0.229. The lowest BCUT2D eigenvalue weighted by atomic mass is 9.96. The Morgan fingerprint density at radius 3 is 2.55 bits per heavy atom. The summed E-state index contributed by atoms with van der Waals surface area (Å²) in [5.74, 6) is -0.636. The summed E-state index contributed by atoms with van der Waals surface area (Å²) < 4.78 is 15.4. The average Bonchev–Trinajstić information content (AvgIpc) is 2.77. The van der Waals surface area contributed by atoms with Crippen LogP contribution in [0, 0.1) is 10.1 Å². The number of nitro benzene ring substituents is 1. The highest BCUT2D eigenvalue weighted by Crippen LogP contribution is 2.33. The minimum absolute atomic E-state index is 0.0264. The molecule has 0 aliphatic carbocycles. The van der Waals surface area contributed by atoms with Gasteiger partial charge in [0.15, 0.2) is 5.75 Å². The second kappa shape index (κ2) is 9.70. The maximum atomic E-state index is 12.9. The first-order valence-electron chi connectivity index (χ1n) is 9.58. The number of carbonyl (C=O) groups is 2. The van der Waals surface area contributed by atoms with Crippen molar-refractivity contribution in [2.24, 2.45) is 0 Å². The molecule has 33 heavy (non-hydrogen) atoms. The Hall–Kier alpha value is -3.92. The first-order valence-corrected chi connectivity index (χ1v) is 9.96. The number of amides is 1. The average molecular weight is 475 g/mol. The predicted molar refractivity (Wildman–Crippen MR) is 119 cm³/mol. The molecular weight excluding hydrogens is 456 g/mol. The molecular formula is C22H19ClN2O8. The summed E-state index contributed by atoms with van der Waals surface area (Å²) in [7, 11) is 4.19. The second-order valence-corrected chi connectivity index (χ2v) is 7.65. The third kappa shape index (κ3) is 5.29. The Bertz CT molecular complexity index is 1320. The van der Waals surface area contributed by atoms with E-state index < -0.39 is 22.6 Å². The molecule has 0 atom stereocenters. The number of hydrogen-bond donors (Lipinski definition) is 0. The van der Waals surface area contributed by atoms with E-state index in [2.05, 4.69) is 0 Å². The minimum Gasteiger partial charge on any atom is -0.469 e. The Morgan fingerprint density at radius 1 is 1.18 bits per heavy atom. The van der Waals surface area contributed by atoms with Gasteiger partial charge in [-0.15, -0.1) is 0 Å². The lowest BCUT2D eigenvalue weighted by molar-refractivity contribution is -0.384. The van der Waals surface area contributed by atoms with Crippen LogP contribution in [0.4, 0.5) is 10.5 Å². The van der Waals surface area contributed by atoms with E-state index in [0.29, 0.717) is 16.5 Å². The lowest BCUT2D eigenvalue weighted by Crippen LogP contribution is -2.25. The van der Waals surface area contributed by atoms with Crippen LogP contribution in [0.1, 0.15) is 16.7 Å². The predicted octanol–water partition coefficient (Wildman–Crippen LogP) is 3.72. The standard InChI is InChI=1S/C22H19ClN2O8/c1-24(2)22(28)33-19-11-18-15(9-17(19)23)14(10-20(26)31-3)16(21(27)32-18)8-12-5-4-6-13(7-12)25(29)30/h4-7,9,11H,8,10H2,1-3H3. The van der Waals surface area contributed by atoms with Crippen LogP contribution in [0.3, 0.4) is 0 Å². The fourth-order valence-corrected chi connectivity index (χ4v) is 3.35. The van der Waals surface area contributed by atoms with Gasteiger partial charge in [0, 0.05) is 49.7 Å². The molecule has 0 aliphatic heterocycles. The third-order valence-corrected chi connectivity index (χ3v) is 5.08. The van der Waals surface area contributed by atoms with E-state index in [1.54, 1.807) is 6.07 Å². The monoisotopic (exact) mass is 474 g/mol. The van der Waals surface area contributed by atoms with E-state index in [4.69, 9.17) is 25.5 Å². The highest BCUT2D eigenvalue weighted by Gasteiger charge is 2.21. The Morgan fingerprint density at radius 2 is 1.91 bits per heavy atom. The highest BCUT2D eigenvalue weighted by molar-refractivity contribution is 6.33. The maximum Gasteiger partial charge on any atom is 0.414 e. The van der Waals surface area contributed by atoms with Gasteiger partial charge in [-0.1, -0.05) is 23.7 Å². The van der Waals surface area contributed by atoms with Crippen molar-refractivity contribution in [2.75, 3.05) is 21.2 Å². The molecule has 1 aromatic heterocycles. The molecule has 0 bridgehead atoms. The van der Waals surface area contributed by atoms with Crippen molar-refractivity contribution >= 4 is 40.3 Å². The Labute approximate surface area is 192 Å². The van der Waals surface area contributed by atoms with E-state index in [-0.39, 0.29) is 40.4 Å². The van der Waals surface area contributed by atoms with Crippen molar-refractivity contribution < 1.29 is 28.4 Å². The zero-order valence-electron chi connectivity index (χ0n) is 17.9. The fraction of sp³-hybridized carbons (Fsp3) is 0.227. The number of halogens is 1. The van der Waals surface area contributed by atoms with Crippen LogP contribution in [0.25, 0.3) is 11.0 Å². The first kappa shape index (κ1) is 23.7. The van der Waals surface area contributed by atoms with Crippen LogP contribution in [0.5, 0.6) is 5.75 Å². The van der Waals surface area contributed by atoms with E-state index >= 15 is 0 Å². The molecule has 0 unspecified atom stereocenters. The number of esters is 1. The van der Waals surface area contributed by atoms with Gasteiger partial charge in [0.1, 0.15) is 5.58 Å². The molecule has 0 N–H and O–H groups in total. The summed E-state index contributed by atoms with van der Waals surface area (Å²) in [6.07, 6.45) is -0.979. The summed E-state index contributed by atoms with van der Waals surface area (Å²) in [4.78, 5) is 48.6. The summed E-state index contributed by atoms with van der Waals surface area (Å²) >= 11 is 6.30. The number of methoxy groups -OCH3 is 1. The zero-order chi connectivity index (χ0) is 24.3. The molecule has 3 rings (SSSR count). The Balaban J connectivity index is 2.17. The van der Waals surface area contributed by atoms with Crippen LogP contribution in [-0.2, 0) is 22.4 Å².